The summed E-state index contributed by atoms with van der Waals surface area (Å²) in [6.07, 6.45) is 0. The fourth-order valence-corrected chi connectivity index (χ4v) is 6.12. The SMILES string of the molecule is CC(=O)c1ccccc1.Cc1cc(C)c(C(=O)P(c2ccccc2)c2ccccc2)c(C)c1. The highest BCUT2D eigenvalue weighted by atomic mass is 31.1. The van der Waals surface area contributed by atoms with Gasteiger partial charge in [-0.25, -0.2) is 0 Å². The monoisotopic (exact) mass is 452 g/mol. The van der Waals surface area contributed by atoms with Crippen LogP contribution in [-0.4, -0.2) is 11.3 Å². The van der Waals surface area contributed by atoms with Crippen LogP contribution in [0.25, 0.3) is 0 Å². The maximum absolute atomic E-state index is 13.5. The average molecular weight is 453 g/mol. The molecule has 0 saturated heterocycles. The van der Waals surface area contributed by atoms with Gasteiger partial charge in [0.15, 0.2) is 11.3 Å². The molecule has 0 amide bonds. The van der Waals surface area contributed by atoms with Gasteiger partial charge in [0.25, 0.3) is 0 Å². The molecular weight excluding hydrogens is 423 g/mol. The number of carbonyl (C=O) groups is 2. The van der Waals surface area contributed by atoms with Crippen LogP contribution in [-0.2, 0) is 0 Å². The van der Waals surface area contributed by atoms with Crippen molar-refractivity contribution in [2.24, 2.45) is 0 Å². The molecule has 0 aromatic heterocycles. The van der Waals surface area contributed by atoms with Crippen molar-refractivity contribution in [1.82, 2.24) is 0 Å². The molecule has 0 atom stereocenters. The van der Waals surface area contributed by atoms with Gasteiger partial charge in [-0.05, 0) is 49.4 Å². The van der Waals surface area contributed by atoms with Crippen molar-refractivity contribution in [3.8, 4) is 0 Å². The van der Waals surface area contributed by atoms with Gasteiger partial charge in [-0.1, -0.05) is 109 Å². The molecule has 4 rings (SSSR count). The molecule has 0 N–H and O–H groups in total. The van der Waals surface area contributed by atoms with Crippen LogP contribution in [0, 0.1) is 20.8 Å². The molecule has 0 aliphatic heterocycles. The Labute approximate surface area is 198 Å². The molecule has 3 heteroatoms. The Balaban J connectivity index is 0.000000286. The van der Waals surface area contributed by atoms with E-state index in [1.54, 1.807) is 6.92 Å². The number of aryl methyl sites for hydroxylation is 3. The van der Waals surface area contributed by atoms with Gasteiger partial charge < -0.3 is 0 Å². The highest BCUT2D eigenvalue weighted by Crippen LogP contribution is 2.39. The topological polar surface area (TPSA) is 34.1 Å². The smallest absolute Gasteiger partial charge is 0.193 e. The van der Waals surface area contributed by atoms with Crippen LogP contribution < -0.4 is 10.6 Å². The van der Waals surface area contributed by atoms with Crippen LogP contribution in [0.5, 0.6) is 0 Å². The molecule has 4 aromatic carbocycles. The Bertz CT molecular complexity index is 1150. The minimum Gasteiger partial charge on any atom is -0.295 e. The second-order valence-electron chi connectivity index (χ2n) is 8.01. The fraction of sp³-hybridized carbons (Fsp3) is 0.133. The first-order valence-corrected chi connectivity index (χ1v) is 12.3. The summed E-state index contributed by atoms with van der Waals surface area (Å²) in [5.41, 5.74) is 5.22. The van der Waals surface area contributed by atoms with E-state index in [9.17, 15) is 9.59 Å². The lowest BCUT2D eigenvalue weighted by atomic mass is 10.0. The maximum atomic E-state index is 13.5. The first-order valence-electron chi connectivity index (χ1n) is 11.0. The summed E-state index contributed by atoms with van der Waals surface area (Å²) in [5, 5.41) is 2.20. The maximum Gasteiger partial charge on any atom is 0.193 e. The van der Waals surface area contributed by atoms with E-state index in [2.05, 4.69) is 43.3 Å². The zero-order valence-electron chi connectivity index (χ0n) is 19.6. The summed E-state index contributed by atoms with van der Waals surface area (Å²) in [4.78, 5) is 24.2. The number of rotatable bonds is 5. The molecule has 0 radical (unpaired) electrons. The molecular formula is C30H29O2P. The first-order chi connectivity index (χ1) is 15.9. The van der Waals surface area contributed by atoms with Gasteiger partial charge in [0, 0.05) is 19.0 Å². The third kappa shape index (κ3) is 6.34. The number of hydrogen-bond donors (Lipinski definition) is 0. The molecule has 0 heterocycles. The third-order valence-corrected chi connectivity index (χ3v) is 7.56. The molecule has 0 bridgehead atoms. The Hall–Kier alpha value is -3.35. The summed E-state index contributed by atoms with van der Waals surface area (Å²) in [5.74, 6) is 0.121. The van der Waals surface area contributed by atoms with E-state index < -0.39 is 7.92 Å². The molecule has 33 heavy (non-hydrogen) atoms. The lowest BCUT2D eigenvalue weighted by molar-refractivity contribution is 0.101. The summed E-state index contributed by atoms with van der Waals surface area (Å²) < 4.78 is 0. The first kappa shape index (κ1) is 24.3. The number of carbonyl (C=O) groups excluding carboxylic acids is 2. The number of benzene rings is 4. The van der Waals surface area contributed by atoms with Crippen molar-refractivity contribution in [2.75, 3.05) is 0 Å². The van der Waals surface area contributed by atoms with Gasteiger partial charge in [0.2, 0.25) is 0 Å². The molecule has 0 unspecified atom stereocenters. The van der Waals surface area contributed by atoms with Gasteiger partial charge in [-0.3, -0.25) is 9.59 Å². The molecule has 0 spiro atoms. The normalized spacial score (nSPS) is 10.3. The predicted octanol–water partition coefficient (Wildman–Crippen LogP) is 6.77. The minimum atomic E-state index is -1.07. The molecule has 2 nitrogen and oxygen atoms in total. The third-order valence-electron chi connectivity index (χ3n) is 5.30. The second kappa shape index (κ2) is 11.5. The standard InChI is InChI=1S/C22H21OP.C8H8O/c1-16-14-17(2)21(18(3)15-16)22(23)24(19-10-6-4-7-11-19)20-12-8-5-9-13-20;1-7(9)8-5-3-2-4-6-8/h4-15H,1-3H3;2-6H,1H3. The van der Waals surface area contributed by atoms with Gasteiger partial charge in [0.1, 0.15) is 0 Å². The van der Waals surface area contributed by atoms with E-state index in [0.29, 0.717) is 0 Å². The van der Waals surface area contributed by atoms with Crippen molar-refractivity contribution in [3.05, 3.63) is 131 Å². The molecule has 0 saturated carbocycles. The van der Waals surface area contributed by atoms with Gasteiger partial charge in [0.05, 0.1) is 0 Å². The number of ketones is 1. The van der Waals surface area contributed by atoms with Crippen molar-refractivity contribution in [1.29, 1.82) is 0 Å². The lowest BCUT2D eigenvalue weighted by Gasteiger charge is -2.20. The Morgan fingerprint density at radius 3 is 1.36 bits per heavy atom. The van der Waals surface area contributed by atoms with Crippen molar-refractivity contribution < 1.29 is 9.59 Å². The largest absolute Gasteiger partial charge is 0.295 e. The lowest BCUT2D eigenvalue weighted by Crippen LogP contribution is -2.19. The highest BCUT2D eigenvalue weighted by molar-refractivity contribution is 7.88. The van der Waals surface area contributed by atoms with E-state index in [1.165, 1.54) is 5.56 Å². The molecule has 4 aromatic rings. The Morgan fingerprint density at radius 2 is 1.00 bits per heavy atom. The highest BCUT2D eigenvalue weighted by Gasteiger charge is 2.26. The van der Waals surface area contributed by atoms with Crippen LogP contribution in [0.1, 0.15) is 44.3 Å². The second-order valence-corrected chi connectivity index (χ2v) is 10.1. The number of Topliss-reactive ketones (excluding diaryl/α,β-unsaturated/α-hetero) is 1. The summed E-state index contributed by atoms with van der Waals surface area (Å²) in [6, 6.07) is 33.7. The summed E-state index contributed by atoms with van der Waals surface area (Å²) in [7, 11) is -1.07. The average Bonchev–Trinajstić information content (AvgIpc) is 2.81. The van der Waals surface area contributed by atoms with Gasteiger partial charge >= 0.3 is 0 Å². The molecule has 0 aliphatic carbocycles. The van der Waals surface area contributed by atoms with Crippen molar-refractivity contribution in [3.63, 3.8) is 0 Å². The molecule has 0 aliphatic rings. The predicted molar refractivity (Wildman–Crippen MR) is 141 cm³/mol. The van der Waals surface area contributed by atoms with Crippen LogP contribution >= 0.6 is 7.92 Å². The van der Waals surface area contributed by atoms with Crippen molar-refractivity contribution >= 4 is 29.8 Å². The number of hydrogen-bond acceptors (Lipinski definition) is 2. The van der Waals surface area contributed by atoms with Crippen LogP contribution in [0.2, 0.25) is 0 Å². The Kier molecular flexibility index (Phi) is 8.46. The fourth-order valence-electron chi connectivity index (χ4n) is 3.84. The molecule has 0 fully saturated rings. The minimum absolute atomic E-state index is 0.121. The van der Waals surface area contributed by atoms with Crippen LogP contribution in [0.4, 0.5) is 0 Å². The van der Waals surface area contributed by atoms with E-state index in [4.69, 9.17) is 0 Å². The van der Waals surface area contributed by atoms with Crippen LogP contribution in [0.3, 0.4) is 0 Å². The molecule has 166 valence electrons. The van der Waals surface area contributed by atoms with E-state index in [0.717, 1.165) is 32.9 Å². The quantitative estimate of drug-likeness (QED) is 0.247. The van der Waals surface area contributed by atoms with Crippen molar-refractivity contribution in [2.45, 2.75) is 27.7 Å². The van der Waals surface area contributed by atoms with Gasteiger partial charge in [-0.15, -0.1) is 0 Å². The van der Waals surface area contributed by atoms with E-state index >= 15 is 0 Å². The van der Waals surface area contributed by atoms with E-state index in [-0.39, 0.29) is 11.3 Å². The summed E-state index contributed by atoms with van der Waals surface area (Å²) >= 11 is 0. The Morgan fingerprint density at radius 1 is 0.606 bits per heavy atom. The van der Waals surface area contributed by atoms with Crippen LogP contribution in [0.15, 0.2) is 103 Å². The zero-order valence-corrected chi connectivity index (χ0v) is 20.5. The van der Waals surface area contributed by atoms with E-state index in [1.807, 2.05) is 80.6 Å². The summed E-state index contributed by atoms with van der Waals surface area (Å²) in [6.45, 7) is 7.72. The zero-order chi connectivity index (χ0) is 23.8. The van der Waals surface area contributed by atoms with Gasteiger partial charge in [-0.2, -0.15) is 0 Å².